The van der Waals surface area contributed by atoms with Gasteiger partial charge >= 0.3 is 0 Å². The molecule has 0 bridgehead atoms. The molecular formula is C19H22N2O. The van der Waals surface area contributed by atoms with Crippen molar-refractivity contribution in [3.05, 3.63) is 29.5 Å². The molecule has 3 nitrogen and oxygen atoms in total. The van der Waals surface area contributed by atoms with Crippen molar-refractivity contribution in [2.45, 2.75) is 50.1 Å². The number of nitrogens with zero attached hydrogens (tertiary/aromatic N) is 1. The Morgan fingerprint density at radius 1 is 1.36 bits per heavy atom. The van der Waals surface area contributed by atoms with Crippen LogP contribution in [0.4, 0.5) is 0 Å². The van der Waals surface area contributed by atoms with Crippen LogP contribution in [0.1, 0.15) is 43.4 Å². The van der Waals surface area contributed by atoms with Crippen molar-refractivity contribution in [1.29, 1.82) is 0 Å². The minimum atomic E-state index is 0.387. The molecule has 1 spiro atoms. The molecule has 1 aromatic heterocycles. The third kappa shape index (κ3) is 1.08. The Hall–Kier alpha value is -1.48. The maximum atomic E-state index is 9.85. The molecule has 2 aromatic rings. The van der Waals surface area contributed by atoms with Gasteiger partial charge in [0, 0.05) is 40.6 Å². The van der Waals surface area contributed by atoms with Crippen LogP contribution in [-0.4, -0.2) is 33.1 Å². The van der Waals surface area contributed by atoms with E-state index in [1.54, 1.807) is 6.07 Å². The number of nitrogens with one attached hydrogen (secondary N) is 1. The average molecular weight is 294 g/mol. The second-order valence-corrected chi connectivity index (χ2v) is 7.91. The lowest BCUT2D eigenvalue weighted by Gasteiger charge is -2.44. The van der Waals surface area contributed by atoms with Crippen LogP contribution >= 0.6 is 0 Å². The first-order chi connectivity index (χ1) is 10.7. The van der Waals surface area contributed by atoms with Crippen molar-refractivity contribution in [3.63, 3.8) is 0 Å². The number of hydrogen-bond donors (Lipinski definition) is 2. The van der Waals surface area contributed by atoms with Gasteiger partial charge in [0.15, 0.2) is 0 Å². The number of phenolic OH excluding ortho intramolecular Hbond substituents is 1. The molecule has 22 heavy (non-hydrogen) atoms. The van der Waals surface area contributed by atoms with Crippen LogP contribution in [0.3, 0.4) is 0 Å². The highest BCUT2D eigenvalue weighted by atomic mass is 16.3. The highest BCUT2D eigenvalue weighted by molar-refractivity contribution is 5.86. The summed E-state index contributed by atoms with van der Waals surface area (Å²) in [6.45, 7) is 3.58. The molecule has 4 aliphatic rings. The number of rotatable bonds is 1. The molecule has 3 heterocycles. The van der Waals surface area contributed by atoms with Crippen LogP contribution in [0.2, 0.25) is 0 Å². The zero-order valence-corrected chi connectivity index (χ0v) is 13.0. The van der Waals surface area contributed by atoms with Crippen molar-refractivity contribution >= 4 is 10.9 Å². The second-order valence-electron chi connectivity index (χ2n) is 7.91. The third-order valence-corrected chi connectivity index (χ3v) is 7.40. The van der Waals surface area contributed by atoms with Crippen LogP contribution in [0.5, 0.6) is 5.75 Å². The van der Waals surface area contributed by atoms with Crippen LogP contribution < -0.4 is 0 Å². The van der Waals surface area contributed by atoms with Gasteiger partial charge in [0.1, 0.15) is 5.75 Å². The first-order valence-corrected chi connectivity index (χ1v) is 8.85. The lowest BCUT2D eigenvalue weighted by molar-refractivity contribution is 0.118. The quantitative estimate of drug-likeness (QED) is 0.791. The highest BCUT2D eigenvalue weighted by Crippen LogP contribution is 2.75. The Labute approximate surface area is 130 Å². The predicted octanol–water partition coefficient (Wildman–Crippen LogP) is 3.39. The maximum Gasteiger partial charge on any atom is 0.116 e. The first kappa shape index (κ1) is 12.0. The van der Waals surface area contributed by atoms with Gasteiger partial charge in [0.2, 0.25) is 0 Å². The van der Waals surface area contributed by atoms with Crippen molar-refractivity contribution in [1.82, 2.24) is 9.88 Å². The Balaban J connectivity index is 1.53. The minimum absolute atomic E-state index is 0.387. The van der Waals surface area contributed by atoms with Gasteiger partial charge in [-0.05, 0) is 54.9 Å². The molecule has 114 valence electrons. The van der Waals surface area contributed by atoms with Crippen LogP contribution in [0, 0.1) is 11.8 Å². The smallest absolute Gasteiger partial charge is 0.116 e. The van der Waals surface area contributed by atoms with Gasteiger partial charge in [-0.3, -0.25) is 4.90 Å². The Kier molecular flexibility index (Phi) is 1.93. The van der Waals surface area contributed by atoms with Gasteiger partial charge in [-0.25, -0.2) is 0 Å². The van der Waals surface area contributed by atoms with Crippen molar-refractivity contribution < 1.29 is 5.11 Å². The van der Waals surface area contributed by atoms with Crippen LogP contribution in [0.15, 0.2) is 18.2 Å². The monoisotopic (exact) mass is 294 g/mol. The molecule has 2 aliphatic carbocycles. The number of fused-ring (bicyclic) bond motifs is 5. The number of benzene rings is 1. The fourth-order valence-electron chi connectivity index (χ4n) is 6.61. The highest BCUT2D eigenvalue weighted by Gasteiger charge is 2.81. The summed E-state index contributed by atoms with van der Waals surface area (Å²) in [4.78, 5) is 6.57. The van der Waals surface area contributed by atoms with Crippen LogP contribution in [0.25, 0.3) is 10.9 Å². The molecule has 4 unspecified atom stereocenters. The average Bonchev–Trinajstić information content (AvgIpc) is 3.02. The molecule has 1 saturated heterocycles. The molecule has 1 aromatic carbocycles. The first-order valence-electron chi connectivity index (χ1n) is 8.85. The van der Waals surface area contributed by atoms with E-state index in [0.717, 1.165) is 24.3 Å². The van der Waals surface area contributed by atoms with Gasteiger partial charge in [-0.1, -0.05) is 13.3 Å². The molecule has 6 rings (SSSR count). The lowest BCUT2D eigenvalue weighted by Crippen LogP contribution is -2.45. The van der Waals surface area contributed by atoms with E-state index in [9.17, 15) is 5.11 Å². The van der Waals surface area contributed by atoms with E-state index in [1.165, 1.54) is 48.0 Å². The lowest BCUT2D eigenvalue weighted by atomic mass is 9.63. The van der Waals surface area contributed by atoms with Crippen molar-refractivity contribution in [2.24, 2.45) is 11.8 Å². The van der Waals surface area contributed by atoms with E-state index in [2.05, 4.69) is 16.8 Å². The SMILES string of the molecule is CC[C@H]1CC2C[C@H]3c4[nH]c5ccc(O)cc5c4CCN4C1C234. The van der Waals surface area contributed by atoms with E-state index < -0.39 is 0 Å². The van der Waals surface area contributed by atoms with E-state index in [-0.39, 0.29) is 0 Å². The molecule has 2 saturated carbocycles. The number of aromatic nitrogens is 1. The summed E-state index contributed by atoms with van der Waals surface area (Å²) in [6, 6.07) is 6.66. The van der Waals surface area contributed by atoms with E-state index >= 15 is 0 Å². The normalized spacial score (nSPS) is 44.0. The second kappa shape index (κ2) is 3.53. The number of H-pyrrole nitrogens is 1. The summed E-state index contributed by atoms with van der Waals surface area (Å²) in [5.41, 5.74) is 4.71. The predicted molar refractivity (Wildman–Crippen MR) is 86.1 cm³/mol. The van der Waals surface area contributed by atoms with Gasteiger partial charge in [0.05, 0.1) is 0 Å². The fraction of sp³-hybridized carbons (Fsp3) is 0.579. The molecule has 2 aliphatic heterocycles. The summed E-state index contributed by atoms with van der Waals surface area (Å²) < 4.78 is 0. The molecule has 3 heteroatoms. The van der Waals surface area contributed by atoms with Gasteiger partial charge in [-0.2, -0.15) is 0 Å². The van der Waals surface area contributed by atoms with Crippen molar-refractivity contribution in [2.75, 3.05) is 6.54 Å². The fourth-order valence-corrected chi connectivity index (χ4v) is 6.61. The van der Waals surface area contributed by atoms with Gasteiger partial charge < -0.3 is 10.1 Å². The summed E-state index contributed by atoms with van der Waals surface area (Å²) in [5.74, 6) is 2.98. The molecule has 3 fully saturated rings. The van der Waals surface area contributed by atoms with E-state index in [0.29, 0.717) is 17.2 Å². The number of hydrogen-bond acceptors (Lipinski definition) is 2. The maximum absolute atomic E-state index is 9.85. The van der Waals surface area contributed by atoms with Gasteiger partial charge in [-0.15, -0.1) is 0 Å². The zero-order chi connectivity index (χ0) is 14.6. The van der Waals surface area contributed by atoms with E-state index in [1.807, 2.05) is 12.1 Å². The topological polar surface area (TPSA) is 39.0 Å². The van der Waals surface area contributed by atoms with Crippen molar-refractivity contribution in [3.8, 4) is 5.75 Å². The van der Waals surface area contributed by atoms with Gasteiger partial charge in [0.25, 0.3) is 0 Å². The zero-order valence-electron chi connectivity index (χ0n) is 13.0. The van der Waals surface area contributed by atoms with E-state index in [4.69, 9.17) is 0 Å². The number of phenols is 1. The molecule has 6 atom stereocenters. The number of aromatic hydroxyl groups is 1. The molecule has 0 radical (unpaired) electrons. The standard InChI is InChI=1S/C19H22N2O/c1-2-10-7-11-8-15-17-13(5-6-21-18(10)19(11,15)21)14-9-12(22)3-4-16(14)20-17/h3-4,9-11,15,18,20,22H,2,5-8H2,1H3/t10-,11?,15-,18?,19?,21?/m0/s1. The minimum Gasteiger partial charge on any atom is -0.508 e. The summed E-state index contributed by atoms with van der Waals surface area (Å²) in [5, 5.41) is 11.1. The number of aromatic amines is 1. The largest absolute Gasteiger partial charge is 0.508 e. The number of piperidine rings is 1. The summed E-state index contributed by atoms with van der Waals surface area (Å²) in [6.07, 6.45) is 5.32. The summed E-state index contributed by atoms with van der Waals surface area (Å²) in [7, 11) is 0. The Bertz CT molecular complexity index is 809. The van der Waals surface area contributed by atoms with Crippen LogP contribution in [-0.2, 0) is 6.42 Å². The molecule has 2 N–H and O–H groups in total. The Morgan fingerprint density at radius 2 is 2.27 bits per heavy atom. The Morgan fingerprint density at radius 3 is 3.14 bits per heavy atom. The molecule has 0 amide bonds. The summed E-state index contributed by atoms with van der Waals surface area (Å²) >= 11 is 0. The molecular weight excluding hydrogens is 272 g/mol. The third-order valence-electron chi connectivity index (χ3n) is 7.40.